The van der Waals surface area contributed by atoms with Gasteiger partial charge in [-0.05, 0) is 38.4 Å². The number of carbonyl (C=O) groups is 1. The standard InChI is InChI=1S/C16H23F2NO/c1-4-6-10-19(12(3)5-2)11-15(20)16-13(17)8-7-9-14(16)18/h7-9,12H,4-6,10-11H2,1-3H3. The zero-order chi connectivity index (χ0) is 15.1. The maximum atomic E-state index is 13.6. The Morgan fingerprint density at radius 3 is 2.35 bits per heavy atom. The lowest BCUT2D eigenvalue weighted by Gasteiger charge is -2.27. The number of hydrogen-bond donors (Lipinski definition) is 0. The molecule has 0 aliphatic rings. The fraction of sp³-hybridized carbons (Fsp3) is 0.562. The van der Waals surface area contributed by atoms with Crippen LogP contribution in [0, 0.1) is 11.6 Å². The van der Waals surface area contributed by atoms with Gasteiger partial charge in [-0.1, -0.05) is 26.3 Å². The van der Waals surface area contributed by atoms with Crippen LogP contribution in [0.2, 0.25) is 0 Å². The lowest BCUT2D eigenvalue weighted by molar-refractivity contribution is 0.0886. The molecule has 1 aromatic carbocycles. The van der Waals surface area contributed by atoms with Gasteiger partial charge in [0.1, 0.15) is 11.6 Å². The maximum absolute atomic E-state index is 13.6. The van der Waals surface area contributed by atoms with Crippen LogP contribution in [0.25, 0.3) is 0 Å². The SMILES string of the molecule is CCCCN(CC(=O)c1c(F)cccc1F)C(C)CC. The first-order valence-electron chi connectivity index (χ1n) is 7.22. The molecule has 1 unspecified atom stereocenters. The monoisotopic (exact) mass is 283 g/mol. The molecule has 20 heavy (non-hydrogen) atoms. The van der Waals surface area contributed by atoms with Crippen LogP contribution in [-0.2, 0) is 0 Å². The van der Waals surface area contributed by atoms with Crippen molar-refractivity contribution in [2.45, 2.75) is 46.1 Å². The van der Waals surface area contributed by atoms with Gasteiger partial charge in [-0.15, -0.1) is 0 Å². The molecule has 0 saturated heterocycles. The summed E-state index contributed by atoms with van der Waals surface area (Å²) in [7, 11) is 0. The highest BCUT2D eigenvalue weighted by Gasteiger charge is 2.21. The average Bonchev–Trinajstić information content (AvgIpc) is 2.42. The van der Waals surface area contributed by atoms with E-state index in [0.29, 0.717) is 0 Å². The van der Waals surface area contributed by atoms with Crippen molar-refractivity contribution in [2.75, 3.05) is 13.1 Å². The maximum Gasteiger partial charge on any atom is 0.182 e. The van der Waals surface area contributed by atoms with Crippen LogP contribution < -0.4 is 0 Å². The van der Waals surface area contributed by atoms with Crippen molar-refractivity contribution in [1.29, 1.82) is 0 Å². The van der Waals surface area contributed by atoms with Gasteiger partial charge in [0.2, 0.25) is 0 Å². The fourth-order valence-corrected chi connectivity index (χ4v) is 2.10. The molecule has 0 N–H and O–H groups in total. The van der Waals surface area contributed by atoms with Crippen molar-refractivity contribution in [1.82, 2.24) is 4.90 Å². The third-order valence-electron chi connectivity index (χ3n) is 3.60. The minimum atomic E-state index is -0.783. The molecule has 0 heterocycles. The normalized spacial score (nSPS) is 12.7. The highest BCUT2D eigenvalue weighted by Crippen LogP contribution is 2.15. The van der Waals surface area contributed by atoms with Crippen molar-refractivity contribution < 1.29 is 13.6 Å². The largest absolute Gasteiger partial charge is 0.293 e. The second-order valence-corrected chi connectivity index (χ2v) is 5.10. The Labute approximate surface area is 119 Å². The van der Waals surface area contributed by atoms with Gasteiger partial charge in [0, 0.05) is 6.04 Å². The fourth-order valence-electron chi connectivity index (χ4n) is 2.10. The highest BCUT2D eigenvalue weighted by atomic mass is 19.1. The van der Waals surface area contributed by atoms with E-state index in [2.05, 4.69) is 6.92 Å². The minimum Gasteiger partial charge on any atom is -0.293 e. The van der Waals surface area contributed by atoms with Crippen LogP contribution >= 0.6 is 0 Å². The van der Waals surface area contributed by atoms with E-state index in [0.717, 1.165) is 37.9 Å². The summed E-state index contributed by atoms with van der Waals surface area (Å²) in [4.78, 5) is 14.2. The minimum absolute atomic E-state index is 0.0624. The van der Waals surface area contributed by atoms with Crippen LogP contribution in [0.4, 0.5) is 8.78 Å². The zero-order valence-electron chi connectivity index (χ0n) is 12.5. The number of Topliss-reactive ketones (excluding diaryl/α,β-unsaturated/α-hetero) is 1. The second-order valence-electron chi connectivity index (χ2n) is 5.10. The van der Waals surface area contributed by atoms with Crippen molar-refractivity contribution in [3.8, 4) is 0 Å². The van der Waals surface area contributed by atoms with Crippen LogP contribution in [0.15, 0.2) is 18.2 Å². The Bertz CT molecular complexity index is 428. The molecule has 0 radical (unpaired) electrons. The summed E-state index contributed by atoms with van der Waals surface area (Å²) in [6, 6.07) is 3.73. The first-order valence-corrected chi connectivity index (χ1v) is 7.22. The molecule has 0 saturated carbocycles. The molecule has 0 aromatic heterocycles. The molecule has 0 amide bonds. The number of benzene rings is 1. The lowest BCUT2D eigenvalue weighted by atomic mass is 10.1. The number of halogens is 2. The summed E-state index contributed by atoms with van der Waals surface area (Å²) in [6.45, 7) is 6.98. The Balaban J connectivity index is 2.84. The van der Waals surface area contributed by atoms with E-state index >= 15 is 0 Å². The van der Waals surface area contributed by atoms with Crippen molar-refractivity contribution >= 4 is 5.78 Å². The molecule has 0 aliphatic carbocycles. The van der Waals surface area contributed by atoms with Gasteiger partial charge in [-0.3, -0.25) is 9.69 Å². The molecule has 4 heteroatoms. The molecule has 112 valence electrons. The highest BCUT2D eigenvalue weighted by molar-refractivity contribution is 5.98. The van der Waals surface area contributed by atoms with Gasteiger partial charge in [0.25, 0.3) is 0 Å². The number of nitrogens with zero attached hydrogens (tertiary/aromatic N) is 1. The zero-order valence-corrected chi connectivity index (χ0v) is 12.5. The quantitative estimate of drug-likeness (QED) is 0.671. The molecule has 2 nitrogen and oxygen atoms in total. The summed E-state index contributed by atoms with van der Waals surface area (Å²) in [6.07, 6.45) is 2.89. The predicted octanol–water partition coefficient (Wildman–Crippen LogP) is 4.05. The van der Waals surface area contributed by atoms with E-state index in [1.165, 1.54) is 6.07 Å². The topological polar surface area (TPSA) is 20.3 Å². The van der Waals surface area contributed by atoms with E-state index in [9.17, 15) is 13.6 Å². The molecule has 0 spiro atoms. The third-order valence-corrected chi connectivity index (χ3v) is 3.60. The van der Waals surface area contributed by atoms with E-state index < -0.39 is 23.0 Å². The predicted molar refractivity (Wildman–Crippen MR) is 76.9 cm³/mol. The van der Waals surface area contributed by atoms with Gasteiger partial charge in [-0.2, -0.15) is 0 Å². The summed E-state index contributed by atoms with van der Waals surface area (Å²) in [5.74, 6) is -2.05. The Kier molecular flexibility index (Phi) is 6.79. The van der Waals surface area contributed by atoms with E-state index in [1.807, 2.05) is 18.7 Å². The third kappa shape index (κ3) is 4.37. The van der Waals surface area contributed by atoms with Gasteiger partial charge in [0.05, 0.1) is 12.1 Å². The van der Waals surface area contributed by atoms with Crippen LogP contribution in [0.5, 0.6) is 0 Å². The number of unbranched alkanes of at least 4 members (excludes halogenated alkanes) is 1. The summed E-state index contributed by atoms with van der Waals surface area (Å²) in [5, 5.41) is 0. The molecule has 1 aromatic rings. The van der Waals surface area contributed by atoms with Crippen molar-refractivity contribution in [3.63, 3.8) is 0 Å². The van der Waals surface area contributed by atoms with Gasteiger partial charge < -0.3 is 0 Å². The summed E-state index contributed by atoms with van der Waals surface area (Å²) < 4.78 is 27.2. The van der Waals surface area contributed by atoms with Gasteiger partial charge in [-0.25, -0.2) is 8.78 Å². The van der Waals surface area contributed by atoms with Crippen molar-refractivity contribution in [2.24, 2.45) is 0 Å². The second kappa shape index (κ2) is 8.10. The number of ketones is 1. The van der Waals surface area contributed by atoms with E-state index in [-0.39, 0.29) is 12.6 Å². The Morgan fingerprint density at radius 1 is 1.25 bits per heavy atom. The number of hydrogen-bond acceptors (Lipinski definition) is 2. The van der Waals surface area contributed by atoms with Gasteiger partial charge >= 0.3 is 0 Å². The van der Waals surface area contributed by atoms with Gasteiger partial charge in [0.15, 0.2) is 5.78 Å². The number of carbonyl (C=O) groups excluding carboxylic acids is 1. The Morgan fingerprint density at radius 2 is 1.85 bits per heavy atom. The first-order chi connectivity index (χ1) is 9.51. The lowest BCUT2D eigenvalue weighted by Crippen LogP contribution is -2.38. The molecule has 0 aliphatic heterocycles. The molecular weight excluding hydrogens is 260 g/mol. The molecule has 0 fully saturated rings. The van der Waals surface area contributed by atoms with Crippen LogP contribution in [0.3, 0.4) is 0 Å². The summed E-state index contributed by atoms with van der Waals surface area (Å²) >= 11 is 0. The van der Waals surface area contributed by atoms with Crippen LogP contribution in [-0.4, -0.2) is 29.8 Å². The smallest absolute Gasteiger partial charge is 0.182 e. The van der Waals surface area contributed by atoms with E-state index in [4.69, 9.17) is 0 Å². The Hall–Kier alpha value is -1.29. The average molecular weight is 283 g/mol. The van der Waals surface area contributed by atoms with Crippen LogP contribution in [0.1, 0.15) is 50.4 Å². The number of rotatable bonds is 8. The molecular formula is C16H23F2NO. The molecule has 0 bridgehead atoms. The summed E-state index contributed by atoms with van der Waals surface area (Å²) in [5.41, 5.74) is -0.419. The van der Waals surface area contributed by atoms with Crippen molar-refractivity contribution in [3.05, 3.63) is 35.4 Å². The van der Waals surface area contributed by atoms with E-state index in [1.54, 1.807) is 0 Å². The molecule has 1 atom stereocenters. The molecule has 1 rings (SSSR count). The first kappa shape index (κ1) is 16.8.